The van der Waals surface area contributed by atoms with Gasteiger partial charge in [-0.05, 0) is 6.42 Å². The van der Waals surface area contributed by atoms with E-state index in [0.29, 0.717) is 12.5 Å². The van der Waals surface area contributed by atoms with Crippen molar-refractivity contribution in [3.05, 3.63) is 0 Å². The minimum absolute atomic E-state index is 0.242. The first-order valence-electron chi connectivity index (χ1n) is 5.55. The van der Waals surface area contributed by atoms with Crippen LogP contribution >= 0.6 is 0 Å². The maximum Gasteiger partial charge on any atom is 0.223 e. The minimum atomic E-state index is 0.242. The third kappa shape index (κ3) is 6.89. The van der Waals surface area contributed by atoms with Crippen LogP contribution in [0.2, 0.25) is 0 Å². The van der Waals surface area contributed by atoms with Crippen LogP contribution in [0.25, 0.3) is 0 Å². The van der Waals surface area contributed by atoms with Crippen LogP contribution in [0.15, 0.2) is 0 Å². The van der Waals surface area contributed by atoms with Gasteiger partial charge in [0.25, 0.3) is 0 Å². The Morgan fingerprint density at radius 2 is 2.07 bits per heavy atom. The standard InChI is InChI=1S/C11H24N2O/c1-5-6-9-13(4)11(14)7-8-12-10(2)3/h10,12H,5-9H2,1-4H3. The first-order valence-corrected chi connectivity index (χ1v) is 5.55. The number of nitrogens with zero attached hydrogens (tertiary/aromatic N) is 1. The van der Waals surface area contributed by atoms with E-state index in [1.54, 1.807) is 0 Å². The van der Waals surface area contributed by atoms with Crippen molar-refractivity contribution >= 4 is 5.91 Å². The van der Waals surface area contributed by atoms with Crippen LogP contribution in [0.5, 0.6) is 0 Å². The van der Waals surface area contributed by atoms with Gasteiger partial charge in [0.15, 0.2) is 0 Å². The average Bonchev–Trinajstić information content (AvgIpc) is 2.13. The Bertz CT molecular complexity index is 157. The lowest BCUT2D eigenvalue weighted by atomic mass is 10.3. The van der Waals surface area contributed by atoms with Crippen molar-refractivity contribution in [3.8, 4) is 0 Å². The highest BCUT2D eigenvalue weighted by molar-refractivity contribution is 5.76. The molecule has 0 aromatic carbocycles. The second-order valence-electron chi connectivity index (χ2n) is 4.03. The molecule has 84 valence electrons. The second-order valence-corrected chi connectivity index (χ2v) is 4.03. The van der Waals surface area contributed by atoms with E-state index in [2.05, 4.69) is 26.1 Å². The Morgan fingerprint density at radius 1 is 1.43 bits per heavy atom. The number of hydrogen-bond donors (Lipinski definition) is 1. The Kier molecular flexibility index (Phi) is 7.48. The highest BCUT2D eigenvalue weighted by Crippen LogP contribution is 1.95. The molecule has 1 N–H and O–H groups in total. The van der Waals surface area contributed by atoms with Gasteiger partial charge in [-0.3, -0.25) is 4.79 Å². The number of hydrogen-bond acceptors (Lipinski definition) is 2. The van der Waals surface area contributed by atoms with Gasteiger partial charge in [0.1, 0.15) is 0 Å². The molecule has 0 aliphatic rings. The van der Waals surface area contributed by atoms with E-state index in [0.717, 1.165) is 25.9 Å². The molecule has 0 unspecified atom stereocenters. The van der Waals surface area contributed by atoms with Crippen LogP contribution in [-0.2, 0) is 4.79 Å². The summed E-state index contributed by atoms with van der Waals surface area (Å²) < 4.78 is 0. The maximum atomic E-state index is 11.5. The van der Waals surface area contributed by atoms with Gasteiger partial charge in [0.2, 0.25) is 5.91 Å². The monoisotopic (exact) mass is 200 g/mol. The van der Waals surface area contributed by atoms with Gasteiger partial charge in [-0.25, -0.2) is 0 Å². The predicted molar refractivity (Wildman–Crippen MR) is 60.3 cm³/mol. The summed E-state index contributed by atoms with van der Waals surface area (Å²) in [7, 11) is 1.88. The summed E-state index contributed by atoms with van der Waals surface area (Å²) in [6, 6.07) is 0.462. The maximum absolute atomic E-state index is 11.5. The van der Waals surface area contributed by atoms with E-state index in [-0.39, 0.29) is 5.91 Å². The summed E-state index contributed by atoms with van der Waals surface area (Å²) in [5, 5.41) is 3.24. The summed E-state index contributed by atoms with van der Waals surface area (Å²) >= 11 is 0. The first-order chi connectivity index (χ1) is 6.57. The molecule has 0 atom stereocenters. The fourth-order valence-corrected chi connectivity index (χ4v) is 1.18. The second kappa shape index (κ2) is 7.80. The molecule has 0 radical (unpaired) electrons. The molecule has 0 aromatic heterocycles. The van der Waals surface area contributed by atoms with Crippen LogP contribution in [0.3, 0.4) is 0 Å². The van der Waals surface area contributed by atoms with Crippen molar-refractivity contribution in [3.63, 3.8) is 0 Å². The molecule has 14 heavy (non-hydrogen) atoms. The van der Waals surface area contributed by atoms with E-state index in [9.17, 15) is 4.79 Å². The topological polar surface area (TPSA) is 32.3 Å². The zero-order valence-corrected chi connectivity index (χ0v) is 9.97. The van der Waals surface area contributed by atoms with Gasteiger partial charge in [-0.2, -0.15) is 0 Å². The van der Waals surface area contributed by atoms with E-state index in [1.165, 1.54) is 0 Å². The fraction of sp³-hybridized carbons (Fsp3) is 0.909. The number of amides is 1. The van der Waals surface area contributed by atoms with Crippen LogP contribution in [0.4, 0.5) is 0 Å². The number of unbranched alkanes of at least 4 members (excludes halogenated alkanes) is 1. The molecule has 0 fully saturated rings. The normalized spacial score (nSPS) is 10.6. The summed E-state index contributed by atoms with van der Waals surface area (Å²) in [6.07, 6.45) is 2.85. The molecule has 0 aliphatic heterocycles. The number of carbonyl (C=O) groups is 1. The smallest absolute Gasteiger partial charge is 0.223 e. The average molecular weight is 200 g/mol. The molecule has 0 heterocycles. The van der Waals surface area contributed by atoms with Crippen molar-refractivity contribution in [2.75, 3.05) is 20.1 Å². The molecule has 0 aliphatic carbocycles. The van der Waals surface area contributed by atoms with E-state index in [1.807, 2.05) is 11.9 Å². The molecule has 0 saturated carbocycles. The molecule has 0 spiro atoms. The number of nitrogens with one attached hydrogen (secondary N) is 1. The zero-order valence-electron chi connectivity index (χ0n) is 9.97. The molecule has 3 nitrogen and oxygen atoms in total. The summed E-state index contributed by atoms with van der Waals surface area (Å²) in [6.45, 7) is 7.99. The third-order valence-corrected chi connectivity index (χ3v) is 2.16. The van der Waals surface area contributed by atoms with Crippen molar-refractivity contribution in [2.24, 2.45) is 0 Å². The summed E-state index contributed by atoms with van der Waals surface area (Å²) in [5.74, 6) is 0.242. The van der Waals surface area contributed by atoms with E-state index in [4.69, 9.17) is 0 Å². The number of carbonyl (C=O) groups excluding carboxylic acids is 1. The Morgan fingerprint density at radius 3 is 2.57 bits per heavy atom. The van der Waals surface area contributed by atoms with E-state index < -0.39 is 0 Å². The first kappa shape index (κ1) is 13.4. The number of rotatable bonds is 7. The highest BCUT2D eigenvalue weighted by Gasteiger charge is 2.07. The van der Waals surface area contributed by atoms with Gasteiger partial charge in [-0.1, -0.05) is 27.2 Å². The minimum Gasteiger partial charge on any atom is -0.346 e. The Balaban J connectivity index is 3.52. The lowest BCUT2D eigenvalue weighted by molar-refractivity contribution is -0.129. The SMILES string of the molecule is CCCCN(C)C(=O)CCNC(C)C. The third-order valence-electron chi connectivity index (χ3n) is 2.16. The van der Waals surface area contributed by atoms with Gasteiger partial charge in [-0.15, -0.1) is 0 Å². The quantitative estimate of drug-likeness (QED) is 0.677. The van der Waals surface area contributed by atoms with Gasteiger partial charge in [0, 0.05) is 32.6 Å². The lowest BCUT2D eigenvalue weighted by Crippen LogP contribution is -2.32. The van der Waals surface area contributed by atoms with Crippen molar-refractivity contribution in [1.29, 1.82) is 0 Å². The molecule has 0 rings (SSSR count). The fourth-order valence-electron chi connectivity index (χ4n) is 1.18. The highest BCUT2D eigenvalue weighted by atomic mass is 16.2. The molecule has 3 heteroatoms. The predicted octanol–water partition coefficient (Wildman–Crippen LogP) is 1.63. The molecular weight excluding hydrogens is 176 g/mol. The van der Waals surface area contributed by atoms with Crippen molar-refractivity contribution in [2.45, 2.75) is 46.1 Å². The van der Waals surface area contributed by atoms with E-state index >= 15 is 0 Å². The molecule has 0 saturated heterocycles. The van der Waals surface area contributed by atoms with Gasteiger partial charge >= 0.3 is 0 Å². The van der Waals surface area contributed by atoms with Crippen molar-refractivity contribution in [1.82, 2.24) is 10.2 Å². The summed E-state index contributed by atoms with van der Waals surface area (Å²) in [4.78, 5) is 13.3. The lowest BCUT2D eigenvalue weighted by Gasteiger charge is -2.17. The Labute approximate surface area is 87.9 Å². The van der Waals surface area contributed by atoms with Gasteiger partial charge < -0.3 is 10.2 Å². The molecular formula is C11H24N2O. The van der Waals surface area contributed by atoms with Crippen LogP contribution < -0.4 is 5.32 Å². The van der Waals surface area contributed by atoms with Crippen LogP contribution in [0, 0.1) is 0 Å². The summed E-state index contributed by atoms with van der Waals surface area (Å²) in [5.41, 5.74) is 0. The van der Waals surface area contributed by atoms with Gasteiger partial charge in [0.05, 0.1) is 0 Å². The molecule has 1 amide bonds. The van der Waals surface area contributed by atoms with Crippen LogP contribution in [-0.4, -0.2) is 37.0 Å². The zero-order chi connectivity index (χ0) is 11.0. The van der Waals surface area contributed by atoms with Crippen LogP contribution in [0.1, 0.15) is 40.0 Å². The van der Waals surface area contributed by atoms with Crippen molar-refractivity contribution < 1.29 is 4.79 Å². The molecule has 0 aromatic rings. The largest absolute Gasteiger partial charge is 0.346 e. The Hall–Kier alpha value is -0.570. The molecule has 0 bridgehead atoms.